The molecule has 0 aliphatic carbocycles. The summed E-state index contributed by atoms with van der Waals surface area (Å²) >= 11 is 17.7. The van der Waals surface area contributed by atoms with Gasteiger partial charge in [0, 0.05) is 0 Å². The van der Waals surface area contributed by atoms with E-state index in [1.807, 2.05) is 0 Å². The van der Waals surface area contributed by atoms with Crippen molar-refractivity contribution < 1.29 is 14.3 Å². The number of amides is 1. The molecule has 0 saturated carbocycles. The molecule has 4 nitrogen and oxygen atoms in total. The smallest absolute Gasteiger partial charge is 0.296 e. The molecule has 84 valence electrons. The molecule has 0 saturated heterocycles. The summed E-state index contributed by atoms with van der Waals surface area (Å²) in [5.41, 5.74) is 0.130. The second-order valence-electron chi connectivity index (χ2n) is 3.01. The first kappa shape index (κ1) is 11.5. The van der Waals surface area contributed by atoms with Gasteiger partial charge in [0.2, 0.25) is 0 Å². The normalized spacial score (nSPS) is 13.8. The van der Waals surface area contributed by atoms with Crippen LogP contribution in [0.3, 0.4) is 0 Å². The van der Waals surface area contributed by atoms with E-state index in [1.54, 1.807) is 0 Å². The molecule has 0 aromatic heterocycles. The zero-order valence-corrected chi connectivity index (χ0v) is 10.1. The molecule has 1 aliphatic rings. The number of ether oxygens (including phenoxy) is 1. The maximum Gasteiger partial charge on any atom is 0.296 e. The SMILES string of the molecule is COc1c(Cl)c(Cl)c2c(c1Cl)C(=O)C(=O)N2. The molecule has 0 unspecified atom stereocenters. The van der Waals surface area contributed by atoms with Gasteiger partial charge in [-0.25, -0.2) is 0 Å². The Labute approximate surface area is 105 Å². The molecule has 1 N–H and O–H groups in total. The Kier molecular flexibility index (Phi) is 2.74. The molecule has 0 atom stereocenters. The van der Waals surface area contributed by atoms with Gasteiger partial charge >= 0.3 is 0 Å². The Hall–Kier alpha value is -0.970. The lowest BCUT2D eigenvalue weighted by Gasteiger charge is -2.11. The van der Waals surface area contributed by atoms with Crippen molar-refractivity contribution in [3.63, 3.8) is 0 Å². The predicted octanol–water partition coefficient (Wildman–Crippen LogP) is 2.79. The van der Waals surface area contributed by atoms with Crippen LogP contribution in [0.2, 0.25) is 15.1 Å². The Bertz CT molecular complexity index is 527. The van der Waals surface area contributed by atoms with Crippen molar-refractivity contribution in [2.75, 3.05) is 12.4 Å². The molecule has 0 bridgehead atoms. The van der Waals surface area contributed by atoms with Crippen molar-refractivity contribution in [1.82, 2.24) is 0 Å². The summed E-state index contributed by atoms with van der Waals surface area (Å²) in [6.45, 7) is 0. The summed E-state index contributed by atoms with van der Waals surface area (Å²) in [6.07, 6.45) is 0. The fourth-order valence-electron chi connectivity index (χ4n) is 1.43. The number of Topliss-reactive ketones (excluding diaryl/α,β-unsaturated/α-hetero) is 1. The lowest BCUT2D eigenvalue weighted by atomic mass is 10.1. The van der Waals surface area contributed by atoms with Gasteiger partial charge in [0.25, 0.3) is 11.7 Å². The number of fused-ring (bicyclic) bond motifs is 1. The minimum atomic E-state index is -0.789. The van der Waals surface area contributed by atoms with Crippen LogP contribution in [0.25, 0.3) is 0 Å². The van der Waals surface area contributed by atoms with Crippen LogP contribution in [-0.4, -0.2) is 18.8 Å². The fourth-order valence-corrected chi connectivity index (χ4v) is 2.33. The van der Waals surface area contributed by atoms with Crippen LogP contribution >= 0.6 is 34.8 Å². The van der Waals surface area contributed by atoms with Gasteiger partial charge in [-0.2, -0.15) is 0 Å². The molecular formula is C9H4Cl3NO3. The van der Waals surface area contributed by atoms with Crippen LogP contribution in [0.4, 0.5) is 5.69 Å². The van der Waals surface area contributed by atoms with Gasteiger partial charge in [-0.3, -0.25) is 9.59 Å². The number of hydrogen-bond acceptors (Lipinski definition) is 3. The van der Waals surface area contributed by atoms with Gasteiger partial charge in [-0.1, -0.05) is 34.8 Å². The molecule has 0 spiro atoms. The van der Waals surface area contributed by atoms with Crippen LogP contribution in [0, 0.1) is 0 Å². The maximum absolute atomic E-state index is 11.5. The van der Waals surface area contributed by atoms with E-state index in [1.165, 1.54) is 7.11 Å². The van der Waals surface area contributed by atoms with Gasteiger partial charge in [0.05, 0.1) is 28.4 Å². The van der Waals surface area contributed by atoms with Crippen molar-refractivity contribution >= 4 is 52.2 Å². The summed E-state index contributed by atoms with van der Waals surface area (Å²) in [4.78, 5) is 22.7. The zero-order valence-electron chi connectivity index (χ0n) is 7.86. The minimum absolute atomic E-state index is 0.00193. The first-order valence-corrected chi connectivity index (χ1v) is 5.22. The average Bonchev–Trinajstić information content (AvgIpc) is 2.54. The zero-order chi connectivity index (χ0) is 12.0. The monoisotopic (exact) mass is 279 g/mol. The Morgan fingerprint density at radius 1 is 1.06 bits per heavy atom. The highest BCUT2D eigenvalue weighted by Crippen LogP contribution is 2.48. The average molecular weight is 280 g/mol. The van der Waals surface area contributed by atoms with E-state index in [-0.39, 0.29) is 32.1 Å². The van der Waals surface area contributed by atoms with Gasteiger partial charge in [-0.05, 0) is 0 Å². The minimum Gasteiger partial charge on any atom is -0.494 e. The number of methoxy groups -OCH3 is 1. The number of halogens is 3. The number of anilines is 1. The summed E-state index contributed by atoms with van der Waals surface area (Å²) < 4.78 is 4.93. The Balaban J connectivity index is 2.83. The van der Waals surface area contributed by atoms with Crippen LogP contribution in [0.5, 0.6) is 5.75 Å². The summed E-state index contributed by atoms with van der Waals surface area (Å²) in [5, 5.41) is 2.38. The number of nitrogens with one attached hydrogen (secondary N) is 1. The third-order valence-corrected chi connectivity index (χ3v) is 3.35. The quantitative estimate of drug-likeness (QED) is 0.636. The first-order chi connectivity index (χ1) is 7.49. The van der Waals surface area contributed by atoms with E-state index in [0.29, 0.717) is 0 Å². The van der Waals surface area contributed by atoms with E-state index in [2.05, 4.69) is 5.32 Å². The number of ketones is 1. The maximum atomic E-state index is 11.5. The lowest BCUT2D eigenvalue weighted by molar-refractivity contribution is -0.112. The van der Waals surface area contributed by atoms with Crippen molar-refractivity contribution in [3.05, 3.63) is 20.6 Å². The number of carbonyl (C=O) groups is 2. The Morgan fingerprint density at radius 3 is 2.25 bits per heavy atom. The van der Waals surface area contributed by atoms with E-state index in [0.717, 1.165) is 0 Å². The standard InChI is InChI=1S/C9H4Cl3NO3/c1-16-8-3(10)2-6(4(11)5(8)12)13-9(15)7(2)14/h1H3,(H,13,14,15). The predicted molar refractivity (Wildman–Crippen MR) is 61.0 cm³/mol. The molecule has 0 fully saturated rings. The first-order valence-electron chi connectivity index (χ1n) is 4.09. The molecular weight excluding hydrogens is 276 g/mol. The van der Waals surface area contributed by atoms with E-state index in [4.69, 9.17) is 39.5 Å². The topological polar surface area (TPSA) is 55.4 Å². The molecule has 1 amide bonds. The highest BCUT2D eigenvalue weighted by atomic mass is 35.5. The number of hydrogen-bond donors (Lipinski definition) is 1. The van der Waals surface area contributed by atoms with Crippen molar-refractivity contribution in [3.8, 4) is 5.75 Å². The van der Waals surface area contributed by atoms with Crippen LogP contribution in [0.15, 0.2) is 0 Å². The number of benzene rings is 1. The summed E-state index contributed by atoms with van der Waals surface area (Å²) in [7, 11) is 1.34. The van der Waals surface area contributed by atoms with Crippen LogP contribution in [-0.2, 0) is 4.79 Å². The number of rotatable bonds is 1. The van der Waals surface area contributed by atoms with Gasteiger partial charge in [-0.15, -0.1) is 0 Å². The third-order valence-electron chi connectivity index (χ3n) is 2.16. The summed E-state index contributed by atoms with van der Waals surface area (Å²) in [5.74, 6) is -1.46. The van der Waals surface area contributed by atoms with Gasteiger partial charge in [0.1, 0.15) is 5.02 Å². The van der Waals surface area contributed by atoms with E-state index in [9.17, 15) is 9.59 Å². The van der Waals surface area contributed by atoms with E-state index < -0.39 is 11.7 Å². The van der Waals surface area contributed by atoms with Crippen LogP contribution < -0.4 is 10.1 Å². The van der Waals surface area contributed by atoms with Gasteiger partial charge in [0.15, 0.2) is 5.75 Å². The molecule has 1 aliphatic heterocycles. The molecule has 16 heavy (non-hydrogen) atoms. The van der Waals surface area contributed by atoms with Crippen molar-refractivity contribution in [2.24, 2.45) is 0 Å². The number of carbonyl (C=O) groups excluding carboxylic acids is 2. The second-order valence-corrected chi connectivity index (χ2v) is 4.14. The Morgan fingerprint density at radius 2 is 1.69 bits per heavy atom. The summed E-state index contributed by atoms with van der Waals surface area (Å²) in [6, 6.07) is 0. The second kappa shape index (κ2) is 3.80. The fraction of sp³-hybridized carbons (Fsp3) is 0.111. The van der Waals surface area contributed by atoms with Crippen molar-refractivity contribution in [2.45, 2.75) is 0 Å². The molecule has 7 heteroatoms. The highest BCUT2D eigenvalue weighted by molar-refractivity contribution is 6.58. The van der Waals surface area contributed by atoms with Crippen molar-refractivity contribution in [1.29, 1.82) is 0 Å². The van der Waals surface area contributed by atoms with E-state index >= 15 is 0 Å². The highest BCUT2D eigenvalue weighted by Gasteiger charge is 2.36. The van der Waals surface area contributed by atoms with Crippen LogP contribution in [0.1, 0.15) is 10.4 Å². The largest absolute Gasteiger partial charge is 0.494 e. The molecule has 1 heterocycles. The van der Waals surface area contributed by atoms with Gasteiger partial charge < -0.3 is 10.1 Å². The lowest BCUT2D eigenvalue weighted by Crippen LogP contribution is -2.12. The molecule has 1 aromatic carbocycles. The third kappa shape index (κ3) is 1.38. The molecule has 2 rings (SSSR count). The molecule has 0 radical (unpaired) electrons. The molecule has 1 aromatic rings.